The van der Waals surface area contributed by atoms with Gasteiger partial charge in [-0.15, -0.1) is 0 Å². The van der Waals surface area contributed by atoms with Crippen LogP contribution in [-0.2, 0) is 6.42 Å². The lowest BCUT2D eigenvalue weighted by Gasteiger charge is -2.01. The van der Waals surface area contributed by atoms with E-state index in [4.69, 9.17) is 4.52 Å². The van der Waals surface area contributed by atoms with E-state index in [1.165, 1.54) is 12.1 Å². The Hall–Kier alpha value is -1.79. The van der Waals surface area contributed by atoms with Crippen LogP contribution in [0.5, 0.6) is 0 Å². The van der Waals surface area contributed by atoms with E-state index >= 15 is 0 Å². The van der Waals surface area contributed by atoms with Crippen LogP contribution in [0.3, 0.4) is 0 Å². The molecule has 1 aliphatic heterocycles. The van der Waals surface area contributed by atoms with Gasteiger partial charge in [0.1, 0.15) is 5.82 Å². The van der Waals surface area contributed by atoms with Gasteiger partial charge in [-0.1, -0.05) is 17.3 Å². The fraction of sp³-hybridized carbons (Fsp3) is 0.385. The standard InChI is InChI=1S/C13H14FN3O2/c14-9-3-1-2-8(4-9)5-12-16-13(19-17-12)11-6-10(18)7-15-11/h1-4,10-11,15,18H,5-7H2/t10-,11+/m0/s1. The molecule has 19 heavy (non-hydrogen) atoms. The lowest BCUT2D eigenvalue weighted by Crippen LogP contribution is -2.15. The number of aliphatic hydroxyl groups is 1. The van der Waals surface area contributed by atoms with Crippen LogP contribution in [0, 0.1) is 5.82 Å². The van der Waals surface area contributed by atoms with E-state index in [2.05, 4.69) is 15.5 Å². The highest BCUT2D eigenvalue weighted by atomic mass is 19.1. The van der Waals surface area contributed by atoms with E-state index < -0.39 is 0 Å². The van der Waals surface area contributed by atoms with Gasteiger partial charge >= 0.3 is 0 Å². The third kappa shape index (κ3) is 2.80. The van der Waals surface area contributed by atoms with Crippen molar-refractivity contribution in [2.24, 2.45) is 0 Å². The lowest BCUT2D eigenvalue weighted by atomic mass is 10.1. The van der Waals surface area contributed by atoms with Gasteiger partial charge in [0.15, 0.2) is 5.82 Å². The number of halogens is 1. The molecule has 2 atom stereocenters. The van der Waals surface area contributed by atoms with Gasteiger partial charge in [-0.2, -0.15) is 4.98 Å². The van der Waals surface area contributed by atoms with Gasteiger partial charge in [0.05, 0.1) is 12.1 Å². The van der Waals surface area contributed by atoms with Crippen molar-refractivity contribution in [3.05, 3.63) is 47.4 Å². The summed E-state index contributed by atoms with van der Waals surface area (Å²) in [7, 11) is 0. The number of benzene rings is 1. The van der Waals surface area contributed by atoms with Gasteiger partial charge in [-0.25, -0.2) is 4.39 Å². The molecule has 100 valence electrons. The molecule has 2 N–H and O–H groups in total. The largest absolute Gasteiger partial charge is 0.392 e. The maximum Gasteiger partial charge on any atom is 0.243 e. The van der Waals surface area contributed by atoms with Crippen molar-refractivity contribution >= 4 is 0 Å². The maximum absolute atomic E-state index is 13.1. The molecular formula is C13H14FN3O2. The van der Waals surface area contributed by atoms with Gasteiger partial charge in [-0.05, 0) is 24.1 Å². The van der Waals surface area contributed by atoms with E-state index in [0.29, 0.717) is 31.1 Å². The van der Waals surface area contributed by atoms with Crippen LogP contribution in [0.25, 0.3) is 0 Å². The SMILES string of the molecule is O[C@@H]1CN[C@@H](c2nc(Cc3cccc(F)c3)no2)C1. The molecule has 1 aromatic heterocycles. The van der Waals surface area contributed by atoms with Gasteiger partial charge < -0.3 is 14.9 Å². The molecule has 0 unspecified atom stereocenters. The topological polar surface area (TPSA) is 71.2 Å². The molecule has 1 aromatic carbocycles. The van der Waals surface area contributed by atoms with Crippen LogP contribution >= 0.6 is 0 Å². The summed E-state index contributed by atoms with van der Waals surface area (Å²) < 4.78 is 18.2. The van der Waals surface area contributed by atoms with Crippen molar-refractivity contribution < 1.29 is 14.0 Å². The summed E-state index contributed by atoms with van der Waals surface area (Å²) in [5.74, 6) is 0.716. The fourth-order valence-corrected chi connectivity index (χ4v) is 2.22. The second kappa shape index (κ2) is 5.07. The number of aliphatic hydroxyl groups excluding tert-OH is 1. The third-order valence-corrected chi connectivity index (χ3v) is 3.14. The quantitative estimate of drug-likeness (QED) is 0.870. The minimum atomic E-state index is -0.372. The van der Waals surface area contributed by atoms with Crippen molar-refractivity contribution in [2.75, 3.05) is 6.54 Å². The van der Waals surface area contributed by atoms with Crippen LogP contribution in [0.15, 0.2) is 28.8 Å². The molecule has 5 nitrogen and oxygen atoms in total. The Morgan fingerprint density at radius 2 is 2.37 bits per heavy atom. The zero-order valence-electron chi connectivity index (χ0n) is 10.2. The molecule has 1 fully saturated rings. The van der Waals surface area contributed by atoms with Crippen LogP contribution in [0.4, 0.5) is 4.39 Å². The molecule has 2 heterocycles. The average Bonchev–Trinajstić information content (AvgIpc) is 2.98. The van der Waals surface area contributed by atoms with E-state index in [1.807, 2.05) is 6.07 Å². The number of nitrogens with zero attached hydrogens (tertiary/aromatic N) is 2. The van der Waals surface area contributed by atoms with Crippen molar-refractivity contribution in [3.8, 4) is 0 Å². The second-order valence-electron chi connectivity index (χ2n) is 4.71. The van der Waals surface area contributed by atoms with Gasteiger partial charge in [0.25, 0.3) is 0 Å². The number of nitrogens with one attached hydrogen (secondary N) is 1. The summed E-state index contributed by atoms with van der Waals surface area (Å²) in [5.41, 5.74) is 0.798. The highest BCUT2D eigenvalue weighted by Crippen LogP contribution is 2.22. The first-order valence-electron chi connectivity index (χ1n) is 6.19. The molecule has 0 spiro atoms. The first-order chi connectivity index (χ1) is 9.20. The first kappa shape index (κ1) is 12.3. The second-order valence-corrected chi connectivity index (χ2v) is 4.71. The zero-order chi connectivity index (χ0) is 13.2. The molecule has 0 aliphatic carbocycles. The monoisotopic (exact) mass is 263 g/mol. The minimum absolute atomic E-state index is 0.0937. The molecule has 0 amide bonds. The summed E-state index contributed by atoms with van der Waals surface area (Å²) in [6.45, 7) is 0.534. The Morgan fingerprint density at radius 3 is 3.11 bits per heavy atom. The predicted octanol–water partition coefficient (Wildman–Crippen LogP) is 1.19. The summed E-state index contributed by atoms with van der Waals surface area (Å²) in [4.78, 5) is 4.28. The molecule has 6 heteroatoms. The van der Waals surface area contributed by atoms with Gasteiger partial charge in [0, 0.05) is 13.0 Å². The number of β-amino-alcohol motifs (C(OH)–C–C–N with tert-alkyl or cyclic N) is 1. The third-order valence-electron chi connectivity index (χ3n) is 3.14. The normalized spacial score (nSPS) is 22.8. The lowest BCUT2D eigenvalue weighted by molar-refractivity contribution is 0.191. The molecule has 0 radical (unpaired) electrons. The summed E-state index contributed by atoms with van der Waals surface area (Å²) in [6, 6.07) is 6.23. The maximum atomic E-state index is 13.1. The Balaban J connectivity index is 1.71. The van der Waals surface area contributed by atoms with Crippen molar-refractivity contribution in [1.29, 1.82) is 0 Å². The Kier molecular flexibility index (Phi) is 3.27. The van der Waals surface area contributed by atoms with Crippen LogP contribution < -0.4 is 5.32 Å². The summed E-state index contributed by atoms with van der Waals surface area (Å²) in [5, 5.41) is 16.4. The number of hydrogen-bond acceptors (Lipinski definition) is 5. The molecule has 2 aromatic rings. The molecule has 3 rings (SSSR count). The number of rotatable bonds is 3. The predicted molar refractivity (Wildman–Crippen MR) is 64.9 cm³/mol. The Bertz CT molecular complexity index is 573. The average molecular weight is 263 g/mol. The first-order valence-corrected chi connectivity index (χ1v) is 6.19. The summed E-state index contributed by atoms with van der Waals surface area (Å²) in [6.07, 6.45) is 0.626. The van der Waals surface area contributed by atoms with Gasteiger partial charge in [0.2, 0.25) is 5.89 Å². The smallest absolute Gasteiger partial charge is 0.243 e. The number of aromatic nitrogens is 2. The van der Waals surface area contributed by atoms with Gasteiger partial charge in [-0.3, -0.25) is 0 Å². The molecule has 1 saturated heterocycles. The van der Waals surface area contributed by atoms with E-state index in [9.17, 15) is 9.50 Å². The van der Waals surface area contributed by atoms with E-state index in [0.717, 1.165) is 5.56 Å². The van der Waals surface area contributed by atoms with E-state index in [1.54, 1.807) is 6.07 Å². The zero-order valence-corrected chi connectivity index (χ0v) is 10.2. The molecule has 0 bridgehead atoms. The summed E-state index contributed by atoms with van der Waals surface area (Å²) >= 11 is 0. The Labute approximate surface area is 109 Å². The van der Waals surface area contributed by atoms with Crippen LogP contribution in [-0.4, -0.2) is 27.9 Å². The van der Waals surface area contributed by atoms with Crippen LogP contribution in [0.1, 0.15) is 29.7 Å². The van der Waals surface area contributed by atoms with Crippen LogP contribution in [0.2, 0.25) is 0 Å². The Morgan fingerprint density at radius 1 is 1.47 bits per heavy atom. The fourth-order valence-electron chi connectivity index (χ4n) is 2.22. The van der Waals surface area contributed by atoms with E-state index in [-0.39, 0.29) is 18.0 Å². The van der Waals surface area contributed by atoms with Crippen molar-refractivity contribution in [2.45, 2.75) is 25.0 Å². The molecule has 0 saturated carbocycles. The van der Waals surface area contributed by atoms with Crippen molar-refractivity contribution in [1.82, 2.24) is 15.5 Å². The minimum Gasteiger partial charge on any atom is -0.392 e. The molecular weight excluding hydrogens is 249 g/mol. The highest BCUT2D eigenvalue weighted by Gasteiger charge is 2.28. The molecule has 1 aliphatic rings. The van der Waals surface area contributed by atoms with Crippen molar-refractivity contribution in [3.63, 3.8) is 0 Å². The number of hydrogen-bond donors (Lipinski definition) is 2. The highest BCUT2D eigenvalue weighted by molar-refractivity contribution is 5.19.